The molecule has 1 unspecified atom stereocenters. The van der Waals surface area contributed by atoms with Gasteiger partial charge in [-0.05, 0) is 61.8 Å². The van der Waals surface area contributed by atoms with Gasteiger partial charge >= 0.3 is 0 Å². The third kappa shape index (κ3) is 4.07. The van der Waals surface area contributed by atoms with Crippen LogP contribution in [0, 0.1) is 13.8 Å². The van der Waals surface area contributed by atoms with Crippen LogP contribution < -0.4 is 5.32 Å². The third-order valence-electron chi connectivity index (χ3n) is 6.04. The van der Waals surface area contributed by atoms with E-state index in [0.717, 1.165) is 28.2 Å². The molecule has 4 aromatic rings. The van der Waals surface area contributed by atoms with Gasteiger partial charge in [0.15, 0.2) is 5.11 Å². The molecule has 1 aliphatic heterocycles. The van der Waals surface area contributed by atoms with E-state index < -0.39 is 0 Å². The fraction of sp³-hybridized carbons (Fsp3) is 0.192. The third-order valence-corrected chi connectivity index (χ3v) is 6.38. The van der Waals surface area contributed by atoms with E-state index >= 15 is 0 Å². The van der Waals surface area contributed by atoms with Crippen molar-refractivity contribution in [3.63, 3.8) is 0 Å². The molecule has 1 N–H and O–H groups in total. The van der Waals surface area contributed by atoms with Crippen LogP contribution in [0.4, 0.5) is 0 Å². The molecule has 2 aromatic heterocycles. The molecule has 166 valence electrons. The summed E-state index contributed by atoms with van der Waals surface area (Å²) in [6, 6.07) is 19.8. The zero-order valence-corrected chi connectivity index (χ0v) is 19.5. The van der Waals surface area contributed by atoms with Gasteiger partial charge in [-0.1, -0.05) is 53.7 Å². The van der Waals surface area contributed by atoms with Gasteiger partial charge in [0.05, 0.1) is 24.4 Å². The highest BCUT2D eigenvalue weighted by atomic mass is 32.1. The van der Waals surface area contributed by atoms with Crippen LogP contribution in [0.5, 0.6) is 0 Å². The molecule has 1 atom stereocenters. The summed E-state index contributed by atoms with van der Waals surface area (Å²) in [5.41, 5.74) is 6.29. The van der Waals surface area contributed by atoms with Gasteiger partial charge in [-0.2, -0.15) is 4.98 Å². The van der Waals surface area contributed by atoms with Gasteiger partial charge in [-0.25, -0.2) is 0 Å². The van der Waals surface area contributed by atoms with Gasteiger partial charge in [0, 0.05) is 11.3 Å². The predicted octanol–water partition coefficient (Wildman–Crippen LogP) is 5.81. The Hall–Kier alpha value is -3.71. The summed E-state index contributed by atoms with van der Waals surface area (Å²) in [6.45, 7) is 6.76. The smallest absolute Gasteiger partial charge is 0.258 e. The molecule has 0 fully saturated rings. The standard InChI is InChI=1S/C26H24N4O2S/c1-16-11-12-20(14-17(16)2)23-22(25-28-24(29-32-25)19-8-5-4-6-9-19)18(3)30(26(33)27-23)15-21-10-7-13-31-21/h4-14,23H,15H2,1-3H3,(H,27,33). The fourth-order valence-electron chi connectivity index (χ4n) is 4.04. The highest BCUT2D eigenvalue weighted by Gasteiger charge is 2.34. The first-order chi connectivity index (χ1) is 16.0. The summed E-state index contributed by atoms with van der Waals surface area (Å²) in [6.07, 6.45) is 1.66. The van der Waals surface area contributed by atoms with E-state index in [4.69, 9.17) is 26.1 Å². The average Bonchev–Trinajstić information content (AvgIpc) is 3.51. The van der Waals surface area contributed by atoms with Crippen LogP contribution in [0.1, 0.15) is 41.3 Å². The summed E-state index contributed by atoms with van der Waals surface area (Å²) in [5.74, 6) is 1.84. The van der Waals surface area contributed by atoms with Crippen molar-refractivity contribution in [2.75, 3.05) is 0 Å². The zero-order valence-electron chi connectivity index (χ0n) is 18.7. The molecule has 2 aromatic carbocycles. The number of rotatable bonds is 5. The molecule has 0 spiro atoms. The zero-order chi connectivity index (χ0) is 22.9. The van der Waals surface area contributed by atoms with Crippen molar-refractivity contribution in [2.24, 2.45) is 0 Å². The molecule has 0 saturated carbocycles. The second-order valence-corrected chi connectivity index (χ2v) is 8.57. The van der Waals surface area contributed by atoms with Crippen LogP contribution in [0.25, 0.3) is 17.0 Å². The normalized spacial score (nSPS) is 16.3. The Morgan fingerprint density at radius 2 is 1.82 bits per heavy atom. The Labute approximate surface area is 197 Å². The molecule has 6 nitrogen and oxygen atoms in total. The minimum atomic E-state index is -0.214. The second kappa shape index (κ2) is 8.67. The van der Waals surface area contributed by atoms with E-state index in [2.05, 4.69) is 42.5 Å². The number of nitrogens with one attached hydrogen (secondary N) is 1. The number of aromatic nitrogens is 2. The monoisotopic (exact) mass is 456 g/mol. The average molecular weight is 457 g/mol. The van der Waals surface area contributed by atoms with Gasteiger partial charge in [0.1, 0.15) is 5.76 Å². The Morgan fingerprint density at radius 1 is 1.00 bits per heavy atom. The SMILES string of the molecule is CC1=C(c2nc(-c3ccccc3)no2)C(c2ccc(C)c(C)c2)NC(=S)N1Cc1ccco1. The first-order valence-corrected chi connectivity index (χ1v) is 11.2. The predicted molar refractivity (Wildman–Crippen MR) is 131 cm³/mol. The summed E-state index contributed by atoms with van der Waals surface area (Å²) in [4.78, 5) is 6.77. The number of furan rings is 1. The molecular formula is C26H24N4O2S. The van der Waals surface area contributed by atoms with Crippen LogP contribution >= 0.6 is 12.2 Å². The molecular weight excluding hydrogens is 432 g/mol. The highest BCUT2D eigenvalue weighted by molar-refractivity contribution is 7.80. The lowest BCUT2D eigenvalue weighted by Gasteiger charge is -2.37. The molecule has 5 rings (SSSR count). The van der Waals surface area contributed by atoms with Crippen LogP contribution in [0.3, 0.4) is 0 Å². The highest BCUT2D eigenvalue weighted by Crippen LogP contribution is 2.38. The quantitative estimate of drug-likeness (QED) is 0.380. The topological polar surface area (TPSA) is 67.3 Å². The van der Waals surface area contributed by atoms with Gasteiger partial charge < -0.3 is 19.2 Å². The molecule has 0 bridgehead atoms. The minimum absolute atomic E-state index is 0.214. The van der Waals surface area contributed by atoms with Crippen molar-refractivity contribution in [3.05, 3.63) is 101 Å². The minimum Gasteiger partial charge on any atom is -0.467 e. The molecule has 3 heterocycles. The summed E-state index contributed by atoms with van der Waals surface area (Å²) in [7, 11) is 0. The maximum absolute atomic E-state index is 5.80. The van der Waals surface area contributed by atoms with Crippen LogP contribution in [0.15, 0.2) is 81.6 Å². The van der Waals surface area contributed by atoms with Gasteiger partial charge in [-0.3, -0.25) is 0 Å². The lowest BCUT2D eigenvalue weighted by atomic mass is 9.92. The van der Waals surface area contributed by atoms with E-state index in [9.17, 15) is 0 Å². The van der Waals surface area contributed by atoms with Crippen molar-refractivity contribution >= 4 is 22.9 Å². The van der Waals surface area contributed by atoms with E-state index in [1.165, 1.54) is 11.1 Å². The van der Waals surface area contributed by atoms with E-state index in [0.29, 0.717) is 23.4 Å². The lowest BCUT2D eigenvalue weighted by Crippen LogP contribution is -2.45. The van der Waals surface area contributed by atoms with Crippen molar-refractivity contribution < 1.29 is 8.94 Å². The maximum atomic E-state index is 5.80. The molecule has 0 aliphatic carbocycles. The molecule has 0 amide bonds. The molecule has 33 heavy (non-hydrogen) atoms. The van der Waals surface area contributed by atoms with Crippen molar-refractivity contribution in [2.45, 2.75) is 33.4 Å². The summed E-state index contributed by atoms with van der Waals surface area (Å²) >= 11 is 5.77. The number of hydrogen-bond donors (Lipinski definition) is 1. The molecule has 0 saturated heterocycles. The van der Waals surface area contributed by atoms with Gasteiger partial charge in [-0.15, -0.1) is 0 Å². The van der Waals surface area contributed by atoms with Crippen LogP contribution in [-0.2, 0) is 6.54 Å². The Morgan fingerprint density at radius 3 is 2.55 bits per heavy atom. The number of allylic oxidation sites excluding steroid dienone is 1. The number of benzene rings is 2. The van der Waals surface area contributed by atoms with Crippen molar-refractivity contribution in [1.29, 1.82) is 0 Å². The first-order valence-electron chi connectivity index (χ1n) is 10.8. The summed E-state index contributed by atoms with van der Waals surface area (Å²) in [5, 5.41) is 8.38. The number of hydrogen-bond acceptors (Lipinski definition) is 5. The second-order valence-electron chi connectivity index (χ2n) is 8.18. The molecule has 0 radical (unpaired) electrons. The van der Waals surface area contributed by atoms with Crippen molar-refractivity contribution in [1.82, 2.24) is 20.4 Å². The molecule has 1 aliphatic rings. The van der Waals surface area contributed by atoms with E-state index in [-0.39, 0.29) is 6.04 Å². The van der Waals surface area contributed by atoms with Gasteiger partial charge in [0.2, 0.25) is 5.82 Å². The van der Waals surface area contributed by atoms with Gasteiger partial charge in [0.25, 0.3) is 5.89 Å². The Balaban J connectivity index is 1.62. The van der Waals surface area contributed by atoms with Crippen LogP contribution in [-0.4, -0.2) is 20.2 Å². The summed E-state index contributed by atoms with van der Waals surface area (Å²) < 4.78 is 11.4. The fourth-order valence-corrected chi connectivity index (χ4v) is 4.36. The molecule has 7 heteroatoms. The Kier molecular flexibility index (Phi) is 5.56. The first kappa shape index (κ1) is 21.2. The number of thiocarbonyl (C=S) groups is 1. The maximum Gasteiger partial charge on any atom is 0.258 e. The lowest BCUT2D eigenvalue weighted by molar-refractivity contribution is 0.382. The van der Waals surface area contributed by atoms with E-state index in [1.54, 1.807) is 6.26 Å². The van der Waals surface area contributed by atoms with Crippen LogP contribution in [0.2, 0.25) is 0 Å². The Bertz CT molecular complexity index is 1330. The van der Waals surface area contributed by atoms with Crippen molar-refractivity contribution in [3.8, 4) is 11.4 Å². The number of aryl methyl sites for hydroxylation is 2. The largest absolute Gasteiger partial charge is 0.467 e. The van der Waals surface area contributed by atoms with E-state index in [1.807, 2.05) is 54.3 Å². The number of nitrogens with zero attached hydrogens (tertiary/aromatic N) is 3.